The van der Waals surface area contributed by atoms with E-state index in [-0.39, 0.29) is 23.3 Å². The summed E-state index contributed by atoms with van der Waals surface area (Å²) in [4.78, 5) is 33.3. The molecule has 0 aromatic carbocycles. The number of aromatic nitrogens is 2. The summed E-state index contributed by atoms with van der Waals surface area (Å²) in [6.07, 6.45) is 1.87. The molecule has 0 aliphatic carbocycles. The van der Waals surface area contributed by atoms with Gasteiger partial charge < -0.3 is 10.5 Å². The minimum Gasteiger partial charge on any atom is -0.464 e. The molecule has 2 rings (SSSR count). The van der Waals surface area contributed by atoms with E-state index in [1.54, 1.807) is 0 Å². The lowest BCUT2D eigenvalue weighted by Gasteiger charge is -2.17. The number of amides is 1. The highest BCUT2D eigenvalue weighted by molar-refractivity contribution is 14.1. The fraction of sp³-hybridized carbons (Fsp3) is 0.455. The van der Waals surface area contributed by atoms with Gasteiger partial charge in [-0.25, -0.2) is 14.8 Å². The SMILES string of the molecule is COC(=O)c1nc(I)cnc1N1CC(CN)CC1=O. The van der Waals surface area contributed by atoms with E-state index in [2.05, 4.69) is 14.7 Å². The molecule has 1 aliphatic rings. The summed E-state index contributed by atoms with van der Waals surface area (Å²) in [5.74, 6) is -0.381. The van der Waals surface area contributed by atoms with E-state index in [1.165, 1.54) is 18.2 Å². The third-order valence-electron chi connectivity index (χ3n) is 2.90. The summed E-state index contributed by atoms with van der Waals surface area (Å²) in [6, 6.07) is 0. The van der Waals surface area contributed by atoms with E-state index in [9.17, 15) is 9.59 Å². The first-order chi connectivity index (χ1) is 9.06. The van der Waals surface area contributed by atoms with Crippen LogP contribution in [0.1, 0.15) is 16.9 Å². The van der Waals surface area contributed by atoms with Gasteiger partial charge >= 0.3 is 5.97 Å². The van der Waals surface area contributed by atoms with Gasteiger partial charge in [0.1, 0.15) is 3.70 Å². The predicted octanol–water partition coefficient (Wildman–Crippen LogP) is 0.179. The van der Waals surface area contributed by atoms with Crippen LogP contribution in [0.4, 0.5) is 5.82 Å². The molecule has 8 heteroatoms. The maximum atomic E-state index is 11.9. The molecule has 1 atom stereocenters. The summed E-state index contributed by atoms with van der Waals surface area (Å²) >= 11 is 1.95. The molecule has 7 nitrogen and oxygen atoms in total. The van der Waals surface area contributed by atoms with Crippen molar-refractivity contribution >= 4 is 40.3 Å². The van der Waals surface area contributed by atoms with Gasteiger partial charge in [0.05, 0.1) is 13.3 Å². The Kier molecular flexibility index (Phi) is 4.30. The molecule has 2 heterocycles. The molecular weight excluding hydrogens is 363 g/mol. The zero-order valence-electron chi connectivity index (χ0n) is 10.3. The molecule has 1 aliphatic heterocycles. The van der Waals surface area contributed by atoms with E-state index in [0.29, 0.717) is 23.2 Å². The number of hydrogen-bond donors (Lipinski definition) is 1. The Hall–Kier alpha value is -1.29. The Morgan fingerprint density at radius 1 is 1.68 bits per heavy atom. The molecule has 0 bridgehead atoms. The van der Waals surface area contributed by atoms with E-state index in [1.807, 2.05) is 22.6 Å². The highest BCUT2D eigenvalue weighted by Crippen LogP contribution is 2.25. The Morgan fingerprint density at radius 2 is 2.42 bits per heavy atom. The number of rotatable bonds is 3. The molecule has 1 unspecified atom stereocenters. The number of hydrogen-bond acceptors (Lipinski definition) is 6. The number of carbonyl (C=O) groups excluding carboxylic acids is 2. The van der Waals surface area contributed by atoms with Crippen LogP contribution in [0, 0.1) is 9.62 Å². The van der Waals surface area contributed by atoms with Gasteiger partial charge in [0.15, 0.2) is 11.5 Å². The van der Waals surface area contributed by atoms with Crippen LogP contribution in [-0.4, -0.2) is 42.0 Å². The molecule has 1 amide bonds. The Bertz CT molecular complexity index is 523. The van der Waals surface area contributed by atoms with Crippen LogP contribution >= 0.6 is 22.6 Å². The van der Waals surface area contributed by atoms with Crippen molar-refractivity contribution < 1.29 is 14.3 Å². The van der Waals surface area contributed by atoms with Gasteiger partial charge in [-0.1, -0.05) is 0 Å². The van der Waals surface area contributed by atoms with Crippen molar-refractivity contribution in [1.29, 1.82) is 0 Å². The Balaban J connectivity index is 2.39. The smallest absolute Gasteiger partial charge is 0.360 e. The summed E-state index contributed by atoms with van der Waals surface area (Å²) in [5.41, 5.74) is 5.63. The van der Waals surface area contributed by atoms with Crippen molar-refractivity contribution in [2.75, 3.05) is 25.1 Å². The largest absolute Gasteiger partial charge is 0.464 e. The molecule has 102 valence electrons. The monoisotopic (exact) mass is 376 g/mol. The number of esters is 1. The minimum atomic E-state index is -0.606. The van der Waals surface area contributed by atoms with Crippen LogP contribution < -0.4 is 10.6 Å². The van der Waals surface area contributed by atoms with Crippen molar-refractivity contribution in [3.05, 3.63) is 15.6 Å². The van der Waals surface area contributed by atoms with E-state index in [0.717, 1.165) is 0 Å². The van der Waals surface area contributed by atoms with Crippen LogP contribution in [0.15, 0.2) is 6.20 Å². The van der Waals surface area contributed by atoms with Crippen LogP contribution in [0.2, 0.25) is 0 Å². The summed E-state index contributed by atoms with van der Waals surface area (Å²) in [6.45, 7) is 0.877. The third-order valence-corrected chi connectivity index (χ3v) is 3.42. The first-order valence-corrected chi connectivity index (χ1v) is 6.76. The normalized spacial score (nSPS) is 18.8. The fourth-order valence-corrected chi connectivity index (χ4v) is 2.32. The van der Waals surface area contributed by atoms with Gasteiger partial charge in [-0.05, 0) is 35.1 Å². The predicted molar refractivity (Wildman–Crippen MR) is 75.6 cm³/mol. The highest BCUT2D eigenvalue weighted by atomic mass is 127. The number of carbonyl (C=O) groups is 2. The van der Waals surface area contributed by atoms with Crippen molar-refractivity contribution in [2.45, 2.75) is 6.42 Å². The first-order valence-electron chi connectivity index (χ1n) is 5.68. The Morgan fingerprint density at radius 3 is 3.00 bits per heavy atom. The number of nitrogens with zero attached hydrogens (tertiary/aromatic N) is 3. The molecule has 1 saturated heterocycles. The lowest BCUT2D eigenvalue weighted by Crippen LogP contribution is -2.29. The van der Waals surface area contributed by atoms with Gasteiger partial charge in [-0.3, -0.25) is 9.69 Å². The second-order valence-corrected chi connectivity index (χ2v) is 5.27. The van der Waals surface area contributed by atoms with Crippen molar-refractivity contribution in [1.82, 2.24) is 9.97 Å². The molecule has 0 radical (unpaired) electrons. The van der Waals surface area contributed by atoms with Gasteiger partial charge in [0.2, 0.25) is 5.91 Å². The lowest BCUT2D eigenvalue weighted by molar-refractivity contribution is -0.117. The molecule has 1 aromatic heterocycles. The first kappa shape index (κ1) is 14.1. The topological polar surface area (TPSA) is 98.4 Å². The molecule has 0 spiro atoms. The van der Waals surface area contributed by atoms with Gasteiger partial charge in [0, 0.05) is 13.0 Å². The molecule has 2 N–H and O–H groups in total. The van der Waals surface area contributed by atoms with E-state index in [4.69, 9.17) is 5.73 Å². The number of nitrogens with two attached hydrogens (primary N) is 1. The van der Waals surface area contributed by atoms with Crippen LogP contribution in [0.25, 0.3) is 0 Å². The van der Waals surface area contributed by atoms with Crippen molar-refractivity contribution in [2.24, 2.45) is 11.7 Å². The molecule has 1 aromatic rings. The maximum Gasteiger partial charge on any atom is 0.360 e. The van der Waals surface area contributed by atoms with Gasteiger partial charge in [-0.2, -0.15) is 0 Å². The van der Waals surface area contributed by atoms with Crippen LogP contribution in [-0.2, 0) is 9.53 Å². The average molecular weight is 376 g/mol. The second kappa shape index (κ2) is 5.78. The summed E-state index contributed by atoms with van der Waals surface area (Å²) in [7, 11) is 1.27. The fourth-order valence-electron chi connectivity index (χ4n) is 1.94. The van der Waals surface area contributed by atoms with Crippen LogP contribution in [0.3, 0.4) is 0 Å². The second-order valence-electron chi connectivity index (χ2n) is 4.17. The standard InChI is InChI=1S/C11H13IN4O3/c1-19-11(18)9-10(14-4-7(12)15-9)16-5-6(3-13)2-8(16)17/h4,6H,2-3,5,13H2,1H3. The van der Waals surface area contributed by atoms with Crippen LogP contribution in [0.5, 0.6) is 0 Å². The average Bonchev–Trinajstić information content (AvgIpc) is 2.79. The molecule has 1 fully saturated rings. The highest BCUT2D eigenvalue weighted by Gasteiger charge is 2.33. The number of anilines is 1. The van der Waals surface area contributed by atoms with Crippen molar-refractivity contribution in [3.63, 3.8) is 0 Å². The number of methoxy groups -OCH3 is 1. The zero-order chi connectivity index (χ0) is 14.0. The summed E-state index contributed by atoms with van der Waals surface area (Å²) < 4.78 is 5.23. The minimum absolute atomic E-state index is 0.0559. The van der Waals surface area contributed by atoms with Crippen molar-refractivity contribution in [3.8, 4) is 0 Å². The Labute approximate surface area is 123 Å². The maximum absolute atomic E-state index is 11.9. The third kappa shape index (κ3) is 2.84. The quantitative estimate of drug-likeness (QED) is 0.597. The number of halogens is 1. The van der Waals surface area contributed by atoms with E-state index >= 15 is 0 Å². The lowest BCUT2D eigenvalue weighted by atomic mass is 10.1. The summed E-state index contributed by atoms with van der Waals surface area (Å²) in [5, 5.41) is 0. The van der Waals surface area contributed by atoms with Gasteiger partial charge in [-0.15, -0.1) is 0 Å². The van der Waals surface area contributed by atoms with Gasteiger partial charge in [0.25, 0.3) is 0 Å². The molecular formula is C11H13IN4O3. The molecule has 0 saturated carbocycles. The molecule has 19 heavy (non-hydrogen) atoms. The van der Waals surface area contributed by atoms with E-state index < -0.39 is 5.97 Å². The number of ether oxygens (including phenoxy) is 1. The zero-order valence-corrected chi connectivity index (χ0v) is 12.5.